The first-order chi connectivity index (χ1) is 11.2. The van der Waals surface area contributed by atoms with Crippen LogP contribution in [0.3, 0.4) is 0 Å². The highest BCUT2D eigenvalue weighted by atomic mass is 35.5. The summed E-state index contributed by atoms with van der Waals surface area (Å²) >= 11 is 6.14. The SMILES string of the molecule is Cc1ccc(CN(C)C(=O)c2ccc(NS(C)(=O)=O)cc2Cl)cc1. The van der Waals surface area contributed by atoms with Crippen LogP contribution in [-0.2, 0) is 16.6 Å². The Morgan fingerprint density at radius 1 is 1.17 bits per heavy atom. The molecule has 1 N–H and O–H groups in total. The number of carbonyl (C=O) groups is 1. The molecule has 2 aromatic carbocycles. The van der Waals surface area contributed by atoms with Crippen molar-refractivity contribution in [1.29, 1.82) is 0 Å². The van der Waals surface area contributed by atoms with Crippen molar-refractivity contribution in [2.75, 3.05) is 18.0 Å². The molecule has 7 heteroatoms. The zero-order valence-electron chi connectivity index (χ0n) is 13.7. The molecule has 0 saturated heterocycles. The fourth-order valence-electron chi connectivity index (χ4n) is 2.21. The lowest BCUT2D eigenvalue weighted by Crippen LogP contribution is -2.26. The van der Waals surface area contributed by atoms with E-state index in [1.165, 1.54) is 18.2 Å². The molecule has 0 bridgehead atoms. The van der Waals surface area contributed by atoms with Gasteiger partial charge in [-0.15, -0.1) is 0 Å². The van der Waals surface area contributed by atoms with Crippen molar-refractivity contribution in [3.05, 3.63) is 64.2 Å². The number of halogens is 1. The van der Waals surface area contributed by atoms with Gasteiger partial charge in [0.15, 0.2) is 0 Å². The molecule has 0 aliphatic heterocycles. The molecule has 5 nitrogen and oxygen atoms in total. The molecular weight excluding hydrogens is 348 g/mol. The maximum Gasteiger partial charge on any atom is 0.255 e. The second-order valence-electron chi connectivity index (χ2n) is 5.72. The Balaban J connectivity index is 2.15. The molecule has 2 aromatic rings. The third-order valence-corrected chi connectivity index (χ3v) is 4.31. The molecule has 2 rings (SSSR count). The van der Waals surface area contributed by atoms with Crippen LogP contribution in [0.5, 0.6) is 0 Å². The van der Waals surface area contributed by atoms with E-state index in [2.05, 4.69) is 4.72 Å². The van der Waals surface area contributed by atoms with Crippen LogP contribution in [0.1, 0.15) is 21.5 Å². The van der Waals surface area contributed by atoms with Gasteiger partial charge in [0.1, 0.15) is 0 Å². The average molecular weight is 367 g/mol. The first-order valence-electron chi connectivity index (χ1n) is 7.24. The first kappa shape index (κ1) is 18.3. The maximum atomic E-state index is 12.5. The highest BCUT2D eigenvalue weighted by Crippen LogP contribution is 2.23. The molecular formula is C17H19ClN2O3S. The van der Waals surface area contributed by atoms with Crippen molar-refractivity contribution in [2.45, 2.75) is 13.5 Å². The number of hydrogen-bond acceptors (Lipinski definition) is 3. The minimum Gasteiger partial charge on any atom is -0.337 e. The van der Waals surface area contributed by atoms with Crippen LogP contribution < -0.4 is 4.72 Å². The van der Waals surface area contributed by atoms with Crippen molar-refractivity contribution in [1.82, 2.24) is 4.90 Å². The summed E-state index contributed by atoms with van der Waals surface area (Å²) in [5, 5.41) is 0.199. The van der Waals surface area contributed by atoms with Crippen LogP contribution >= 0.6 is 11.6 Å². The number of nitrogens with one attached hydrogen (secondary N) is 1. The Labute approximate surface area is 147 Å². The Morgan fingerprint density at radius 2 is 1.79 bits per heavy atom. The van der Waals surface area contributed by atoms with Gasteiger partial charge in [0.05, 0.1) is 16.8 Å². The van der Waals surface area contributed by atoms with Crippen molar-refractivity contribution in [3.63, 3.8) is 0 Å². The molecule has 0 fully saturated rings. The molecule has 0 aliphatic rings. The number of anilines is 1. The Morgan fingerprint density at radius 3 is 2.33 bits per heavy atom. The van der Waals surface area contributed by atoms with Crippen molar-refractivity contribution in [3.8, 4) is 0 Å². The van der Waals surface area contributed by atoms with Gasteiger partial charge in [-0.05, 0) is 30.7 Å². The molecule has 0 heterocycles. The van der Waals surface area contributed by atoms with Crippen LogP contribution in [0.25, 0.3) is 0 Å². The fourth-order valence-corrected chi connectivity index (χ4v) is 3.03. The number of amides is 1. The largest absolute Gasteiger partial charge is 0.337 e. The van der Waals surface area contributed by atoms with Crippen LogP contribution in [0, 0.1) is 6.92 Å². The standard InChI is InChI=1S/C17H19ClN2O3S/c1-12-4-6-13(7-5-12)11-20(2)17(21)15-9-8-14(10-16(15)18)19-24(3,22)23/h4-10,19H,11H2,1-3H3. The minimum absolute atomic E-state index is 0.199. The third kappa shape index (κ3) is 4.97. The van der Waals surface area contributed by atoms with E-state index < -0.39 is 10.0 Å². The Kier molecular flexibility index (Phi) is 5.51. The van der Waals surface area contributed by atoms with Gasteiger partial charge in [0, 0.05) is 19.3 Å². The van der Waals surface area contributed by atoms with Gasteiger partial charge in [0.2, 0.25) is 10.0 Å². The van der Waals surface area contributed by atoms with E-state index in [1.807, 2.05) is 31.2 Å². The molecule has 0 unspecified atom stereocenters. The smallest absolute Gasteiger partial charge is 0.255 e. The Hall–Kier alpha value is -2.05. The number of rotatable bonds is 5. The third-order valence-electron chi connectivity index (χ3n) is 3.39. The first-order valence-corrected chi connectivity index (χ1v) is 9.51. The molecule has 0 atom stereocenters. The molecule has 0 aromatic heterocycles. The van der Waals surface area contributed by atoms with Gasteiger partial charge in [-0.3, -0.25) is 9.52 Å². The molecule has 0 radical (unpaired) electrons. The van der Waals surface area contributed by atoms with Crippen molar-refractivity contribution in [2.24, 2.45) is 0 Å². The lowest BCUT2D eigenvalue weighted by atomic mass is 10.1. The summed E-state index contributed by atoms with van der Waals surface area (Å²) in [5.41, 5.74) is 2.82. The van der Waals surface area contributed by atoms with Crippen LogP contribution in [-0.4, -0.2) is 32.5 Å². The average Bonchev–Trinajstić information content (AvgIpc) is 2.47. The van der Waals surface area contributed by atoms with Gasteiger partial charge < -0.3 is 4.90 Å². The fraction of sp³-hybridized carbons (Fsp3) is 0.235. The molecule has 0 spiro atoms. The van der Waals surface area contributed by atoms with Crippen LogP contribution in [0.2, 0.25) is 5.02 Å². The van der Waals surface area contributed by atoms with Gasteiger partial charge >= 0.3 is 0 Å². The summed E-state index contributed by atoms with van der Waals surface area (Å²) in [4.78, 5) is 14.1. The van der Waals surface area contributed by atoms with Gasteiger partial charge in [0.25, 0.3) is 5.91 Å². The summed E-state index contributed by atoms with van der Waals surface area (Å²) < 4.78 is 24.8. The molecule has 24 heavy (non-hydrogen) atoms. The number of aryl methyl sites for hydroxylation is 1. The number of hydrogen-bond donors (Lipinski definition) is 1. The number of sulfonamides is 1. The zero-order valence-corrected chi connectivity index (χ0v) is 15.3. The van der Waals surface area contributed by atoms with Crippen molar-refractivity contribution >= 4 is 33.2 Å². The van der Waals surface area contributed by atoms with E-state index >= 15 is 0 Å². The summed E-state index contributed by atoms with van der Waals surface area (Å²) in [6.07, 6.45) is 1.05. The number of nitrogens with zero attached hydrogens (tertiary/aromatic N) is 1. The van der Waals surface area contributed by atoms with Crippen LogP contribution in [0.4, 0.5) is 5.69 Å². The quantitative estimate of drug-likeness (QED) is 0.882. The van der Waals surface area contributed by atoms with E-state index in [1.54, 1.807) is 11.9 Å². The highest BCUT2D eigenvalue weighted by Gasteiger charge is 2.16. The highest BCUT2D eigenvalue weighted by molar-refractivity contribution is 7.92. The zero-order chi connectivity index (χ0) is 17.9. The molecule has 128 valence electrons. The summed E-state index contributed by atoms with van der Waals surface area (Å²) in [6.45, 7) is 2.46. The molecule has 0 aliphatic carbocycles. The van der Waals surface area contributed by atoms with Gasteiger partial charge in [-0.25, -0.2) is 8.42 Å². The summed E-state index contributed by atoms with van der Waals surface area (Å²) in [5.74, 6) is -0.230. The van der Waals surface area contributed by atoms with Gasteiger partial charge in [-0.1, -0.05) is 41.4 Å². The minimum atomic E-state index is -3.39. The van der Waals surface area contributed by atoms with E-state index in [0.29, 0.717) is 17.8 Å². The number of carbonyl (C=O) groups excluding carboxylic acids is 1. The number of benzene rings is 2. The van der Waals surface area contributed by atoms with Crippen molar-refractivity contribution < 1.29 is 13.2 Å². The topological polar surface area (TPSA) is 66.5 Å². The maximum absolute atomic E-state index is 12.5. The monoisotopic (exact) mass is 366 g/mol. The normalized spacial score (nSPS) is 11.2. The summed E-state index contributed by atoms with van der Waals surface area (Å²) in [6, 6.07) is 12.4. The molecule has 1 amide bonds. The Bertz CT molecular complexity index is 849. The van der Waals surface area contributed by atoms with E-state index in [-0.39, 0.29) is 10.9 Å². The van der Waals surface area contributed by atoms with Crippen LogP contribution in [0.15, 0.2) is 42.5 Å². The second-order valence-corrected chi connectivity index (χ2v) is 7.87. The predicted octanol–water partition coefficient (Wildman–Crippen LogP) is 3.29. The lowest BCUT2D eigenvalue weighted by molar-refractivity contribution is 0.0785. The predicted molar refractivity (Wildman–Crippen MR) is 96.9 cm³/mol. The van der Waals surface area contributed by atoms with E-state index in [4.69, 9.17) is 11.6 Å². The van der Waals surface area contributed by atoms with E-state index in [9.17, 15) is 13.2 Å². The second kappa shape index (κ2) is 7.23. The molecule has 0 saturated carbocycles. The van der Waals surface area contributed by atoms with E-state index in [0.717, 1.165) is 17.4 Å². The summed E-state index contributed by atoms with van der Waals surface area (Å²) in [7, 11) is -1.70. The lowest BCUT2D eigenvalue weighted by Gasteiger charge is -2.18. The van der Waals surface area contributed by atoms with Gasteiger partial charge in [-0.2, -0.15) is 0 Å².